The molecule has 1 amide bonds. The van der Waals surface area contributed by atoms with Crippen LogP contribution < -0.4 is 5.32 Å². The largest absolute Gasteiger partial charge is 0.368 e. The minimum Gasteiger partial charge on any atom is -0.368 e. The third-order valence-electron chi connectivity index (χ3n) is 3.37. The second-order valence-corrected chi connectivity index (χ2v) is 5.75. The van der Waals surface area contributed by atoms with E-state index in [1.165, 1.54) is 0 Å². The summed E-state index contributed by atoms with van der Waals surface area (Å²) >= 11 is 3.40. The zero-order chi connectivity index (χ0) is 13.1. The summed E-state index contributed by atoms with van der Waals surface area (Å²) in [7, 11) is 0. The first kappa shape index (κ1) is 13.6. The summed E-state index contributed by atoms with van der Waals surface area (Å²) in [6.07, 6.45) is 0.674. The number of carbonyl (C=O) groups excluding carboxylic acids is 1. The van der Waals surface area contributed by atoms with Gasteiger partial charge in [0.2, 0.25) is 5.91 Å². The van der Waals surface area contributed by atoms with Gasteiger partial charge in [-0.1, -0.05) is 35.0 Å². The Hall–Kier alpha value is -0.870. The maximum absolute atomic E-state index is 12.1. The lowest BCUT2D eigenvalue weighted by Crippen LogP contribution is -2.38. The fourth-order valence-corrected chi connectivity index (χ4v) is 2.43. The molecule has 2 rings (SSSR count). The molecule has 0 spiro atoms. The smallest absolute Gasteiger partial charge is 0.249 e. The number of hydrogen-bond donors (Lipinski definition) is 1. The van der Waals surface area contributed by atoms with Crippen molar-refractivity contribution in [2.45, 2.75) is 32.4 Å². The summed E-state index contributed by atoms with van der Waals surface area (Å²) in [6.45, 7) is 4.73. The molecule has 3 atom stereocenters. The van der Waals surface area contributed by atoms with E-state index in [0.717, 1.165) is 16.5 Å². The third-order valence-corrected chi connectivity index (χ3v) is 3.90. The van der Waals surface area contributed by atoms with E-state index in [9.17, 15) is 4.79 Å². The molecular formula is C14H18BrNO2. The average Bonchev–Trinajstić information content (AvgIpc) is 2.76. The van der Waals surface area contributed by atoms with Gasteiger partial charge in [-0.25, -0.2) is 0 Å². The molecule has 1 aromatic carbocycles. The molecule has 4 heteroatoms. The van der Waals surface area contributed by atoms with Crippen molar-refractivity contribution in [3.8, 4) is 0 Å². The Morgan fingerprint density at radius 2 is 2.11 bits per heavy atom. The van der Waals surface area contributed by atoms with E-state index in [0.29, 0.717) is 12.5 Å². The first-order valence-corrected chi connectivity index (χ1v) is 7.04. The highest BCUT2D eigenvalue weighted by molar-refractivity contribution is 9.10. The molecule has 1 heterocycles. The summed E-state index contributed by atoms with van der Waals surface area (Å²) in [5.74, 6) is 0.303. The van der Waals surface area contributed by atoms with Gasteiger partial charge in [0.1, 0.15) is 6.10 Å². The molecule has 1 aliphatic heterocycles. The van der Waals surface area contributed by atoms with Crippen molar-refractivity contribution in [3.05, 3.63) is 34.3 Å². The van der Waals surface area contributed by atoms with Crippen LogP contribution in [-0.4, -0.2) is 18.6 Å². The highest BCUT2D eigenvalue weighted by atomic mass is 79.9. The Balaban J connectivity index is 1.96. The molecule has 1 saturated heterocycles. The van der Waals surface area contributed by atoms with E-state index in [4.69, 9.17) is 4.74 Å². The molecule has 0 radical (unpaired) electrons. The predicted octanol–water partition coefficient (Wildman–Crippen LogP) is 3.05. The molecule has 0 saturated carbocycles. The molecule has 1 fully saturated rings. The van der Waals surface area contributed by atoms with Gasteiger partial charge in [0.15, 0.2) is 0 Å². The quantitative estimate of drug-likeness (QED) is 0.931. The molecule has 18 heavy (non-hydrogen) atoms. The van der Waals surface area contributed by atoms with Crippen LogP contribution in [0.2, 0.25) is 0 Å². The predicted molar refractivity (Wildman–Crippen MR) is 74.2 cm³/mol. The van der Waals surface area contributed by atoms with Crippen molar-refractivity contribution in [2.75, 3.05) is 6.61 Å². The van der Waals surface area contributed by atoms with E-state index in [-0.39, 0.29) is 18.1 Å². The number of nitrogens with one attached hydrogen (secondary N) is 1. The monoisotopic (exact) mass is 311 g/mol. The number of carbonyl (C=O) groups is 1. The van der Waals surface area contributed by atoms with Gasteiger partial charge >= 0.3 is 0 Å². The first-order valence-electron chi connectivity index (χ1n) is 6.25. The first-order chi connectivity index (χ1) is 8.58. The zero-order valence-electron chi connectivity index (χ0n) is 10.7. The van der Waals surface area contributed by atoms with Gasteiger partial charge in [-0.15, -0.1) is 0 Å². The van der Waals surface area contributed by atoms with Gasteiger partial charge in [0.05, 0.1) is 6.04 Å². The Bertz CT molecular complexity index is 418. The van der Waals surface area contributed by atoms with Crippen LogP contribution in [-0.2, 0) is 9.53 Å². The fourth-order valence-electron chi connectivity index (χ4n) is 2.16. The molecule has 1 aliphatic rings. The van der Waals surface area contributed by atoms with Gasteiger partial charge in [0.25, 0.3) is 0 Å². The minimum absolute atomic E-state index is 0.00185. The minimum atomic E-state index is -0.289. The summed E-state index contributed by atoms with van der Waals surface area (Å²) in [5, 5.41) is 3.01. The van der Waals surface area contributed by atoms with Crippen LogP contribution in [0.15, 0.2) is 28.7 Å². The molecule has 0 bridgehead atoms. The molecule has 1 aromatic rings. The Morgan fingerprint density at radius 1 is 1.44 bits per heavy atom. The van der Waals surface area contributed by atoms with Crippen LogP contribution in [0.4, 0.5) is 0 Å². The molecular weight excluding hydrogens is 294 g/mol. The van der Waals surface area contributed by atoms with Gasteiger partial charge < -0.3 is 10.1 Å². The number of halogens is 1. The summed E-state index contributed by atoms with van der Waals surface area (Å²) in [4.78, 5) is 12.1. The summed E-state index contributed by atoms with van der Waals surface area (Å²) in [5.41, 5.74) is 1.09. The van der Waals surface area contributed by atoms with Crippen LogP contribution in [0.1, 0.15) is 31.9 Å². The van der Waals surface area contributed by atoms with Crippen molar-refractivity contribution in [3.63, 3.8) is 0 Å². The van der Waals surface area contributed by atoms with Gasteiger partial charge in [-0.05, 0) is 37.0 Å². The van der Waals surface area contributed by atoms with Crippen molar-refractivity contribution in [1.29, 1.82) is 0 Å². The molecule has 0 aliphatic carbocycles. The average molecular weight is 312 g/mol. The summed E-state index contributed by atoms with van der Waals surface area (Å²) < 4.78 is 6.50. The van der Waals surface area contributed by atoms with Gasteiger partial charge in [-0.2, -0.15) is 0 Å². The van der Waals surface area contributed by atoms with Crippen molar-refractivity contribution in [2.24, 2.45) is 5.92 Å². The second kappa shape index (κ2) is 5.85. The van der Waals surface area contributed by atoms with Crippen LogP contribution in [0, 0.1) is 5.92 Å². The van der Waals surface area contributed by atoms with Crippen molar-refractivity contribution in [1.82, 2.24) is 5.32 Å². The van der Waals surface area contributed by atoms with E-state index in [2.05, 4.69) is 28.2 Å². The van der Waals surface area contributed by atoms with Crippen molar-refractivity contribution < 1.29 is 9.53 Å². The Kier molecular flexibility index (Phi) is 4.40. The number of ether oxygens (including phenoxy) is 1. The number of amides is 1. The third kappa shape index (κ3) is 3.12. The van der Waals surface area contributed by atoms with E-state index >= 15 is 0 Å². The Labute approximate surface area is 116 Å². The number of rotatable bonds is 3. The van der Waals surface area contributed by atoms with Gasteiger partial charge in [-0.3, -0.25) is 4.79 Å². The zero-order valence-corrected chi connectivity index (χ0v) is 12.2. The molecule has 98 valence electrons. The van der Waals surface area contributed by atoms with Crippen LogP contribution in [0.25, 0.3) is 0 Å². The highest BCUT2D eigenvalue weighted by Gasteiger charge is 2.31. The van der Waals surface area contributed by atoms with E-state index in [1.807, 2.05) is 31.2 Å². The maximum atomic E-state index is 12.1. The summed E-state index contributed by atoms with van der Waals surface area (Å²) in [6, 6.07) is 7.98. The SMILES string of the molecule is CC(NC(=O)C1OCCC1C)c1ccc(Br)cc1. The number of hydrogen-bond acceptors (Lipinski definition) is 2. The standard InChI is InChI=1S/C14H18BrNO2/c1-9-7-8-18-13(9)14(17)16-10(2)11-3-5-12(15)6-4-11/h3-6,9-10,13H,7-8H2,1-2H3,(H,16,17). The topological polar surface area (TPSA) is 38.3 Å². The lowest BCUT2D eigenvalue weighted by molar-refractivity contribution is -0.132. The lowest BCUT2D eigenvalue weighted by atomic mass is 10.0. The molecule has 3 unspecified atom stereocenters. The van der Waals surface area contributed by atoms with Gasteiger partial charge in [0, 0.05) is 11.1 Å². The van der Waals surface area contributed by atoms with Crippen LogP contribution >= 0.6 is 15.9 Å². The number of benzene rings is 1. The maximum Gasteiger partial charge on any atom is 0.249 e. The molecule has 1 N–H and O–H groups in total. The fraction of sp³-hybridized carbons (Fsp3) is 0.500. The van der Waals surface area contributed by atoms with Crippen LogP contribution in [0.5, 0.6) is 0 Å². The van der Waals surface area contributed by atoms with Crippen LogP contribution in [0.3, 0.4) is 0 Å². The molecule has 3 nitrogen and oxygen atoms in total. The lowest BCUT2D eigenvalue weighted by Gasteiger charge is -2.19. The normalized spacial score (nSPS) is 24.8. The molecule has 0 aromatic heterocycles. The Morgan fingerprint density at radius 3 is 2.67 bits per heavy atom. The highest BCUT2D eigenvalue weighted by Crippen LogP contribution is 2.22. The van der Waals surface area contributed by atoms with Crippen molar-refractivity contribution >= 4 is 21.8 Å². The van der Waals surface area contributed by atoms with E-state index < -0.39 is 0 Å². The second-order valence-electron chi connectivity index (χ2n) is 4.84. The van der Waals surface area contributed by atoms with E-state index in [1.54, 1.807) is 0 Å².